The Morgan fingerprint density at radius 2 is 2.06 bits per heavy atom. The molecular formula is C14H16N2O. The molecular weight excluding hydrogens is 212 g/mol. The summed E-state index contributed by atoms with van der Waals surface area (Å²) >= 11 is 0. The van der Waals surface area contributed by atoms with Crippen molar-refractivity contribution >= 4 is 5.88 Å². The van der Waals surface area contributed by atoms with E-state index in [4.69, 9.17) is 10.3 Å². The van der Waals surface area contributed by atoms with E-state index < -0.39 is 0 Å². The average molecular weight is 228 g/mol. The molecule has 1 aliphatic rings. The number of aromatic nitrogens is 1. The molecule has 88 valence electrons. The van der Waals surface area contributed by atoms with Crippen molar-refractivity contribution in [3.63, 3.8) is 0 Å². The number of rotatable bonds is 1. The number of anilines is 1. The van der Waals surface area contributed by atoms with Crippen LogP contribution in [0.2, 0.25) is 0 Å². The number of nitrogens with zero attached hydrogens (tertiary/aromatic N) is 1. The van der Waals surface area contributed by atoms with Gasteiger partial charge in [-0.15, -0.1) is 0 Å². The minimum Gasteiger partial charge on any atom is -0.367 e. The molecule has 0 saturated heterocycles. The van der Waals surface area contributed by atoms with Gasteiger partial charge in [-0.1, -0.05) is 42.4 Å². The summed E-state index contributed by atoms with van der Waals surface area (Å²) in [6.45, 7) is 2.20. The highest BCUT2D eigenvalue weighted by Gasteiger charge is 2.30. The third kappa shape index (κ3) is 1.71. The minimum atomic E-state index is 0.426. The van der Waals surface area contributed by atoms with E-state index >= 15 is 0 Å². The molecule has 0 amide bonds. The van der Waals surface area contributed by atoms with E-state index in [1.807, 2.05) is 0 Å². The van der Waals surface area contributed by atoms with Crippen LogP contribution in [0.15, 0.2) is 34.9 Å². The van der Waals surface area contributed by atoms with E-state index in [0.29, 0.717) is 17.7 Å². The Morgan fingerprint density at radius 3 is 2.82 bits per heavy atom. The smallest absolute Gasteiger partial charge is 0.225 e. The second-order valence-electron chi connectivity index (χ2n) is 4.86. The van der Waals surface area contributed by atoms with Crippen molar-refractivity contribution in [1.82, 2.24) is 5.16 Å². The van der Waals surface area contributed by atoms with Crippen LogP contribution in [0.4, 0.5) is 5.88 Å². The normalized spacial score (nSPS) is 23.4. The van der Waals surface area contributed by atoms with Gasteiger partial charge in [-0.3, -0.25) is 0 Å². The third-order valence-corrected chi connectivity index (χ3v) is 3.67. The lowest BCUT2D eigenvalue weighted by molar-refractivity contribution is 0.423. The van der Waals surface area contributed by atoms with Crippen LogP contribution in [0, 0.1) is 0 Å². The molecule has 2 unspecified atom stereocenters. The summed E-state index contributed by atoms with van der Waals surface area (Å²) < 4.78 is 5.10. The van der Waals surface area contributed by atoms with Gasteiger partial charge < -0.3 is 10.3 Å². The van der Waals surface area contributed by atoms with Crippen LogP contribution in [0.1, 0.15) is 42.0 Å². The molecule has 1 aromatic carbocycles. The monoisotopic (exact) mass is 228 g/mol. The van der Waals surface area contributed by atoms with Crippen LogP contribution in [-0.2, 0) is 6.42 Å². The number of nitrogen functional groups attached to an aromatic ring is 1. The van der Waals surface area contributed by atoms with Gasteiger partial charge in [0.1, 0.15) is 0 Å². The Hall–Kier alpha value is -1.77. The molecule has 0 bridgehead atoms. The number of hydrogen-bond donors (Lipinski definition) is 1. The fraction of sp³-hybridized carbons (Fsp3) is 0.357. The summed E-state index contributed by atoms with van der Waals surface area (Å²) in [5.74, 6) is 1.46. The van der Waals surface area contributed by atoms with E-state index in [0.717, 1.165) is 24.1 Å². The highest BCUT2D eigenvalue weighted by molar-refractivity contribution is 5.44. The minimum absolute atomic E-state index is 0.426. The maximum Gasteiger partial charge on any atom is 0.225 e. The van der Waals surface area contributed by atoms with Crippen molar-refractivity contribution in [3.05, 3.63) is 47.2 Å². The molecule has 17 heavy (non-hydrogen) atoms. The van der Waals surface area contributed by atoms with Crippen molar-refractivity contribution < 1.29 is 4.52 Å². The molecule has 1 heterocycles. The maximum atomic E-state index is 5.81. The first-order valence-corrected chi connectivity index (χ1v) is 6.04. The predicted octanol–water partition coefficient (Wildman–Crippen LogP) is 3.09. The van der Waals surface area contributed by atoms with Crippen molar-refractivity contribution in [2.24, 2.45) is 0 Å². The van der Waals surface area contributed by atoms with Crippen LogP contribution in [-0.4, -0.2) is 5.16 Å². The molecule has 0 radical (unpaired) electrons. The Morgan fingerprint density at radius 1 is 1.29 bits per heavy atom. The van der Waals surface area contributed by atoms with E-state index in [1.165, 1.54) is 5.56 Å². The van der Waals surface area contributed by atoms with Gasteiger partial charge in [0, 0.05) is 12.0 Å². The lowest BCUT2D eigenvalue weighted by atomic mass is 9.77. The van der Waals surface area contributed by atoms with E-state index in [2.05, 4.69) is 42.4 Å². The lowest BCUT2D eigenvalue weighted by Gasteiger charge is -2.26. The topological polar surface area (TPSA) is 52.0 Å². The summed E-state index contributed by atoms with van der Waals surface area (Å²) in [4.78, 5) is 0. The first-order chi connectivity index (χ1) is 8.25. The van der Waals surface area contributed by atoms with Gasteiger partial charge in [0.05, 0.1) is 5.69 Å². The number of hydrogen-bond acceptors (Lipinski definition) is 3. The molecule has 0 fully saturated rings. The zero-order chi connectivity index (χ0) is 11.8. The van der Waals surface area contributed by atoms with E-state index in [9.17, 15) is 0 Å². The molecule has 3 nitrogen and oxygen atoms in total. The molecule has 2 aromatic rings. The van der Waals surface area contributed by atoms with Crippen LogP contribution >= 0.6 is 0 Å². The van der Waals surface area contributed by atoms with E-state index in [1.54, 1.807) is 0 Å². The summed E-state index contributed by atoms with van der Waals surface area (Å²) in [6.07, 6.45) is 2.05. The summed E-state index contributed by atoms with van der Waals surface area (Å²) in [5, 5.41) is 4.08. The predicted molar refractivity (Wildman–Crippen MR) is 66.8 cm³/mol. The molecule has 0 saturated carbocycles. The molecule has 1 aliphatic carbocycles. The molecule has 3 rings (SSSR count). The SMILES string of the molecule is CC1CC(c2ccccc2)Cc2noc(N)c21. The van der Waals surface area contributed by atoms with Gasteiger partial charge in [-0.25, -0.2) is 0 Å². The number of benzene rings is 1. The summed E-state index contributed by atoms with van der Waals surface area (Å²) in [6, 6.07) is 10.6. The van der Waals surface area contributed by atoms with Crippen LogP contribution in [0.25, 0.3) is 0 Å². The zero-order valence-corrected chi connectivity index (χ0v) is 9.89. The van der Waals surface area contributed by atoms with Gasteiger partial charge in [0.25, 0.3) is 0 Å². The third-order valence-electron chi connectivity index (χ3n) is 3.67. The van der Waals surface area contributed by atoms with Gasteiger partial charge in [-0.05, 0) is 23.8 Å². The average Bonchev–Trinajstić information content (AvgIpc) is 2.73. The van der Waals surface area contributed by atoms with E-state index in [-0.39, 0.29) is 0 Å². The van der Waals surface area contributed by atoms with Gasteiger partial charge in [-0.2, -0.15) is 0 Å². The van der Waals surface area contributed by atoms with Gasteiger partial charge in [0.2, 0.25) is 5.88 Å². The number of fused-ring (bicyclic) bond motifs is 1. The molecule has 2 N–H and O–H groups in total. The first kappa shape index (κ1) is 10.4. The fourth-order valence-electron chi connectivity index (χ4n) is 2.86. The quantitative estimate of drug-likeness (QED) is 0.816. The zero-order valence-electron chi connectivity index (χ0n) is 9.89. The van der Waals surface area contributed by atoms with Crippen LogP contribution < -0.4 is 5.73 Å². The van der Waals surface area contributed by atoms with Crippen molar-refractivity contribution in [1.29, 1.82) is 0 Å². The van der Waals surface area contributed by atoms with Gasteiger partial charge in [0.15, 0.2) is 0 Å². The largest absolute Gasteiger partial charge is 0.367 e. The molecule has 3 heteroatoms. The highest BCUT2D eigenvalue weighted by atomic mass is 16.5. The molecule has 1 aromatic heterocycles. The Labute approximate surface area is 101 Å². The Bertz CT molecular complexity index is 518. The second-order valence-corrected chi connectivity index (χ2v) is 4.86. The maximum absolute atomic E-state index is 5.81. The van der Waals surface area contributed by atoms with Gasteiger partial charge >= 0.3 is 0 Å². The van der Waals surface area contributed by atoms with Crippen LogP contribution in [0.5, 0.6) is 0 Å². The standard InChI is InChI=1S/C14H16N2O/c1-9-7-11(10-5-3-2-4-6-10)8-12-13(9)14(15)17-16-12/h2-6,9,11H,7-8,15H2,1H3. The van der Waals surface area contributed by atoms with Crippen molar-refractivity contribution in [2.45, 2.75) is 31.6 Å². The molecule has 2 atom stereocenters. The summed E-state index contributed by atoms with van der Waals surface area (Å²) in [5.41, 5.74) is 9.35. The van der Waals surface area contributed by atoms with Crippen molar-refractivity contribution in [2.75, 3.05) is 5.73 Å². The first-order valence-electron chi connectivity index (χ1n) is 6.04. The highest BCUT2D eigenvalue weighted by Crippen LogP contribution is 2.41. The van der Waals surface area contributed by atoms with Crippen LogP contribution in [0.3, 0.4) is 0 Å². The second kappa shape index (κ2) is 3.91. The Kier molecular flexibility index (Phi) is 2.39. The molecule has 0 aliphatic heterocycles. The Balaban J connectivity index is 1.94. The lowest BCUT2D eigenvalue weighted by Crippen LogP contribution is -2.15. The van der Waals surface area contributed by atoms with Crippen molar-refractivity contribution in [3.8, 4) is 0 Å². The molecule has 0 spiro atoms. The fourth-order valence-corrected chi connectivity index (χ4v) is 2.86. The number of nitrogens with two attached hydrogens (primary N) is 1. The summed E-state index contributed by atoms with van der Waals surface area (Å²) in [7, 11) is 0.